The quantitative estimate of drug-likeness (QED) is 0.789. The number of nitrogens with zero attached hydrogens (tertiary/aromatic N) is 1. The molecule has 114 valence electrons. The summed E-state index contributed by atoms with van der Waals surface area (Å²) in [4.78, 5) is 16.0. The van der Waals surface area contributed by atoms with Crippen LogP contribution >= 0.6 is 0 Å². The van der Waals surface area contributed by atoms with Gasteiger partial charge >= 0.3 is 0 Å². The van der Waals surface area contributed by atoms with Gasteiger partial charge in [0.15, 0.2) is 0 Å². The molecule has 0 bridgehead atoms. The number of rotatable bonds is 4. The van der Waals surface area contributed by atoms with Gasteiger partial charge in [-0.3, -0.25) is 9.78 Å². The molecule has 4 heteroatoms. The number of anilines is 1. The number of carbonyl (C=O) groups is 1. The Morgan fingerprint density at radius 2 is 1.48 bits per heavy atom. The number of hydrogen-bond acceptors (Lipinski definition) is 2. The Kier molecular flexibility index (Phi) is 4.43. The van der Waals surface area contributed by atoms with Crippen LogP contribution in [0.25, 0.3) is 11.1 Å². The lowest BCUT2D eigenvalue weighted by Crippen LogP contribution is -2.14. The number of nitrogens with one attached hydrogen (secondary N) is 1. The molecule has 3 nitrogen and oxygen atoms in total. The molecular formula is C19H15FN2O. The number of amides is 1. The number of halogens is 1. The first-order chi connectivity index (χ1) is 11.2. The zero-order valence-corrected chi connectivity index (χ0v) is 12.4. The molecule has 2 aromatic carbocycles. The molecule has 0 aliphatic carbocycles. The van der Waals surface area contributed by atoms with E-state index >= 15 is 0 Å². The zero-order valence-electron chi connectivity index (χ0n) is 12.4. The number of benzene rings is 2. The number of hydrogen-bond donors (Lipinski definition) is 1. The van der Waals surface area contributed by atoms with E-state index in [1.54, 1.807) is 24.5 Å². The lowest BCUT2D eigenvalue weighted by molar-refractivity contribution is -0.115. The van der Waals surface area contributed by atoms with Gasteiger partial charge in [-0.05, 0) is 53.1 Å². The van der Waals surface area contributed by atoms with Crippen molar-refractivity contribution < 1.29 is 9.18 Å². The van der Waals surface area contributed by atoms with Crippen LogP contribution in [0.1, 0.15) is 5.56 Å². The highest BCUT2D eigenvalue weighted by molar-refractivity contribution is 5.92. The van der Waals surface area contributed by atoms with Crippen molar-refractivity contribution in [2.75, 3.05) is 5.32 Å². The summed E-state index contributed by atoms with van der Waals surface area (Å²) in [7, 11) is 0. The second-order valence-corrected chi connectivity index (χ2v) is 5.16. The Morgan fingerprint density at radius 1 is 0.870 bits per heavy atom. The normalized spacial score (nSPS) is 10.3. The Bertz CT molecular complexity index is 784. The summed E-state index contributed by atoms with van der Waals surface area (Å²) in [6.45, 7) is 0. The van der Waals surface area contributed by atoms with Gasteiger partial charge in [0, 0.05) is 18.1 Å². The highest BCUT2D eigenvalue weighted by atomic mass is 19.1. The van der Waals surface area contributed by atoms with Crippen molar-refractivity contribution in [2.24, 2.45) is 0 Å². The molecule has 3 aromatic rings. The van der Waals surface area contributed by atoms with Crippen molar-refractivity contribution in [3.05, 3.63) is 84.4 Å². The van der Waals surface area contributed by atoms with Crippen LogP contribution in [-0.4, -0.2) is 10.9 Å². The third-order valence-corrected chi connectivity index (χ3v) is 3.46. The fourth-order valence-corrected chi connectivity index (χ4v) is 2.28. The Balaban J connectivity index is 1.64. The van der Waals surface area contributed by atoms with E-state index in [0.717, 1.165) is 22.4 Å². The van der Waals surface area contributed by atoms with Gasteiger partial charge in [-0.1, -0.05) is 24.3 Å². The second-order valence-electron chi connectivity index (χ2n) is 5.16. The van der Waals surface area contributed by atoms with Crippen LogP contribution in [0.5, 0.6) is 0 Å². The highest BCUT2D eigenvalue weighted by Crippen LogP contribution is 2.20. The highest BCUT2D eigenvalue weighted by Gasteiger charge is 2.05. The molecular weight excluding hydrogens is 291 g/mol. The molecule has 0 atom stereocenters. The summed E-state index contributed by atoms with van der Waals surface area (Å²) in [6.07, 6.45) is 3.70. The first-order valence-corrected chi connectivity index (χ1v) is 7.25. The summed E-state index contributed by atoms with van der Waals surface area (Å²) in [5.74, 6) is -0.436. The third kappa shape index (κ3) is 4.01. The number of pyridine rings is 1. The first kappa shape index (κ1) is 14.9. The molecule has 1 aromatic heterocycles. The molecule has 1 amide bonds. The molecule has 0 saturated heterocycles. The van der Waals surface area contributed by atoms with Crippen LogP contribution in [0, 0.1) is 5.82 Å². The lowest BCUT2D eigenvalue weighted by Gasteiger charge is -2.07. The minimum absolute atomic E-state index is 0.131. The zero-order chi connectivity index (χ0) is 16.1. The van der Waals surface area contributed by atoms with E-state index in [4.69, 9.17) is 0 Å². The summed E-state index contributed by atoms with van der Waals surface area (Å²) < 4.78 is 12.8. The first-order valence-electron chi connectivity index (χ1n) is 7.25. The van der Waals surface area contributed by atoms with Gasteiger partial charge in [-0.15, -0.1) is 0 Å². The minimum Gasteiger partial charge on any atom is -0.326 e. The van der Waals surface area contributed by atoms with Crippen LogP contribution in [-0.2, 0) is 11.2 Å². The Hall–Kier alpha value is -3.01. The summed E-state index contributed by atoms with van der Waals surface area (Å²) in [5.41, 5.74) is 3.64. The maximum Gasteiger partial charge on any atom is 0.228 e. The van der Waals surface area contributed by atoms with Crippen LogP contribution < -0.4 is 5.32 Å². The van der Waals surface area contributed by atoms with E-state index in [2.05, 4.69) is 10.3 Å². The van der Waals surface area contributed by atoms with Gasteiger partial charge < -0.3 is 5.32 Å². The van der Waals surface area contributed by atoms with E-state index in [0.29, 0.717) is 0 Å². The molecule has 1 heterocycles. The Morgan fingerprint density at radius 3 is 2.13 bits per heavy atom. The average Bonchev–Trinajstić information content (AvgIpc) is 2.58. The van der Waals surface area contributed by atoms with E-state index in [1.807, 2.05) is 36.4 Å². The molecule has 0 spiro atoms. The topological polar surface area (TPSA) is 42.0 Å². The fourth-order valence-electron chi connectivity index (χ4n) is 2.28. The van der Waals surface area contributed by atoms with Gasteiger partial charge in [0.2, 0.25) is 5.91 Å². The molecule has 0 aliphatic heterocycles. The number of aromatic nitrogens is 1. The predicted molar refractivity (Wildman–Crippen MR) is 88.4 cm³/mol. The maximum absolute atomic E-state index is 12.8. The number of carbonyl (C=O) groups excluding carboxylic acids is 1. The van der Waals surface area contributed by atoms with E-state index < -0.39 is 0 Å². The molecule has 1 N–H and O–H groups in total. The van der Waals surface area contributed by atoms with E-state index in [9.17, 15) is 9.18 Å². The van der Waals surface area contributed by atoms with Gasteiger partial charge in [0.25, 0.3) is 0 Å². The van der Waals surface area contributed by atoms with Crippen molar-refractivity contribution >= 4 is 11.6 Å². The fraction of sp³-hybridized carbons (Fsp3) is 0.0526. The van der Waals surface area contributed by atoms with Gasteiger partial charge in [-0.25, -0.2) is 4.39 Å². The van der Waals surface area contributed by atoms with Crippen molar-refractivity contribution in [3.63, 3.8) is 0 Å². The van der Waals surface area contributed by atoms with Crippen LogP contribution in [0.15, 0.2) is 73.1 Å². The maximum atomic E-state index is 12.8. The largest absolute Gasteiger partial charge is 0.326 e. The minimum atomic E-state index is -0.305. The second kappa shape index (κ2) is 6.83. The molecule has 23 heavy (non-hydrogen) atoms. The van der Waals surface area contributed by atoms with Crippen LogP contribution in [0.3, 0.4) is 0 Å². The average molecular weight is 306 g/mol. The third-order valence-electron chi connectivity index (χ3n) is 3.46. The van der Waals surface area contributed by atoms with E-state index in [-0.39, 0.29) is 18.1 Å². The lowest BCUT2D eigenvalue weighted by atomic mass is 10.1. The molecule has 0 saturated carbocycles. The van der Waals surface area contributed by atoms with Gasteiger partial charge in [-0.2, -0.15) is 0 Å². The summed E-state index contributed by atoms with van der Waals surface area (Å²) in [6, 6.07) is 17.4. The monoisotopic (exact) mass is 306 g/mol. The molecule has 0 radical (unpaired) electrons. The van der Waals surface area contributed by atoms with Gasteiger partial charge in [0.05, 0.1) is 6.42 Å². The van der Waals surface area contributed by atoms with E-state index in [1.165, 1.54) is 12.1 Å². The summed E-state index contributed by atoms with van der Waals surface area (Å²) >= 11 is 0. The van der Waals surface area contributed by atoms with Crippen LogP contribution in [0.4, 0.5) is 10.1 Å². The van der Waals surface area contributed by atoms with Gasteiger partial charge in [0.1, 0.15) is 5.82 Å². The molecule has 3 rings (SSSR count). The standard InChI is InChI=1S/C19H15FN2O/c20-17-5-1-14(2-6-17)13-19(23)22-18-7-3-15(4-8-18)16-9-11-21-12-10-16/h1-12H,13H2,(H,22,23). The SMILES string of the molecule is O=C(Cc1ccc(F)cc1)Nc1ccc(-c2ccncc2)cc1. The van der Waals surface area contributed by atoms with Crippen LogP contribution in [0.2, 0.25) is 0 Å². The van der Waals surface area contributed by atoms with Crippen molar-refractivity contribution in [1.82, 2.24) is 4.98 Å². The van der Waals surface area contributed by atoms with Crippen molar-refractivity contribution in [2.45, 2.75) is 6.42 Å². The predicted octanol–water partition coefficient (Wildman–Crippen LogP) is 4.07. The van der Waals surface area contributed by atoms with Crippen molar-refractivity contribution in [3.8, 4) is 11.1 Å². The van der Waals surface area contributed by atoms with Crippen molar-refractivity contribution in [1.29, 1.82) is 0 Å². The molecule has 0 unspecified atom stereocenters. The summed E-state index contributed by atoms with van der Waals surface area (Å²) in [5, 5.41) is 2.84. The smallest absolute Gasteiger partial charge is 0.228 e. The Labute approximate surface area is 133 Å². The molecule has 0 aliphatic rings. The molecule has 0 fully saturated rings.